The quantitative estimate of drug-likeness (QED) is 0.198. The lowest BCUT2D eigenvalue weighted by Gasteiger charge is -2.32. The Morgan fingerprint density at radius 2 is 1.88 bits per heavy atom. The van der Waals surface area contributed by atoms with Gasteiger partial charge in [0.1, 0.15) is 12.2 Å². The van der Waals surface area contributed by atoms with Crippen molar-refractivity contribution in [1.29, 1.82) is 0 Å². The van der Waals surface area contributed by atoms with Crippen LogP contribution in [0.3, 0.4) is 0 Å². The summed E-state index contributed by atoms with van der Waals surface area (Å²) >= 11 is 0. The maximum Gasteiger partial charge on any atom is 0.333 e. The van der Waals surface area contributed by atoms with Crippen molar-refractivity contribution in [2.45, 2.75) is 31.6 Å². The van der Waals surface area contributed by atoms with Gasteiger partial charge in [-0.25, -0.2) is 4.79 Å². The van der Waals surface area contributed by atoms with Crippen LogP contribution in [0.15, 0.2) is 16.8 Å². The maximum atomic E-state index is 11.9. The highest BCUT2D eigenvalue weighted by Crippen LogP contribution is 2.29. The zero-order chi connectivity index (χ0) is 18.5. The Hall–Kier alpha value is -1.66. The molecule has 0 radical (unpaired) electrons. The first-order chi connectivity index (χ1) is 11.0. The third-order valence-corrected chi connectivity index (χ3v) is 3.97. The highest BCUT2D eigenvalue weighted by atomic mass is 32.2. The standard InChI is InChI=1S/C11H17N3O8S2/c1-4-20-11(15)7-5-8(13-14-12)10(22-24(3,18)19)9(6-7)21-23(2,16)17/h5,8-10H,4,6H2,1-3H3/t8-,9+,10+/m0/s1. The van der Waals surface area contributed by atoms with E-state index in [2.05, 4.69) is 10.0 Å². The van der Waals surface area contributed by atoms with Crippen LogP contribution in [-0.2, 0) is 38.1 Å². The number of esters is 1. The van der Waals surface area contributed by atoms with Gasteiger partial charge >= 0.3 is 5.97 Å². The number of rotatable bonds is 7. The average molecular weight is 383 g/mol. The van der Waals surface area contributed by atoms with Crippen molar-refractivity contribution in [3.63, 3.8) is 0 Å². The van der Waals surface area contributed by atoms with Crippen molar-refractivity contribution in [3.8, 4) is 0 Å². The van der Waals surface area contributed by atoms with Crippen molar-refractivity contribution < 1.29 is 34.7 Å². The molecule has 0 aromatic carbocycles. The first kappa shape index (κ1) is 20.4. The Balaban J connectivity index is 3.32. The molecule has 136 valence electrons. The van der Waals surface area contributed by atoms with Crippen molar-refractivity contribution in [2.24, 2.45) is 5.11 Å². The van der Waals surface area contributed by atoms with Crippen LogP contribution in [0.1, 0.15) is 13.3 Å². The summed E-state index contributed by atoms with van der Waals surface area (Å²) in [5.74, 6) is -0.754. The van der Waals surface area contributed by atoms with Crippen LogP contribution in [-0.4, -0.2) is 60.2 Å². The fourth-order valence-electron chi connectivity index (χ4n) is 2.09. The first-order valence-corrected chi connectivity index (χ1v) is 10.3. The van der Waals surface area contributed by atoms with E-state index in [0.717, 1.165) is 12.5 Å². The monoisotopic (exact) mass is 383 g/mol. The molecule has 3 atom stereocenters. The van der Waals surface area contributed by atoms with Gasteiger partial charge in [-0.3, -0.25) is 8.37 Å². The summed E-state index contributed by atoms with van der Waals surface area (Å²) < 4.78 is 60.1. The lowest BCUT2D eigenvalue weighted by atomic mass is 9.91. The fraction of sp³-hybridized carbons (Fsp3) is 0.727. The van der Waals surface area contributed by atoms with Crippen LogP contribution >= 0.6 is 0 Å². The minimum absolute atomic E-state index is 0.00347. The van der Waals surface area contributed by atoms with Crippen LogP contribution in [0.25, 0.3) is 10.4 Å². The largest absolute Gasteiger partial charge is 0.463 e. The topological polar surface area (TPSA) is 162 Å². The number of hydrogen-bond acceptors (Lipinski definition) is 9. The van der Waals surface area contributed by atoms with Crippen molar-refractivity contribution >= 4 is 26.2 Å². The molecule has 1 aliphatic rings. The Kier molecular flexibility index (Phi) is 6.75. The van der Waals surface area contributed by atoms with Gasteiger partial charge in [0, 0.05) is 16.9 Å². The van der Waals surface area contributed by atoms with Gasteiger partial charge in [-0.1, -0.05) is 11.2 Å². The number of nitrogens with zero attached hydrogens (tertiary/aromatic N) is 3. The molecular weight excluding hydrogens is 366 g/mol. The molecule has 0 bridgehead atoms. The molecule has 0 aromatic rings. The van der Waals surface area contributed by atoms with Gasteiger partial charge in [0.05, 0.1) is 25.2 Å². The summed E-state index contributed by atoms with van der Waals surface area (Å²) in [6.07, 6.45) is -0.421. The molecule has 0 saturated heterocycles. The zero-order valence-electron chi connectivity index (χ0n) is 13.1. The molecule has 0 amide bonds. The number of azide groups is 1. The molecule has 13 heteroatoms. The van der Waals surface area contributed by atoms with Crippen LogP contribution < -0.4 is 0 Å². The van der Waals surface area contributed by atoms with Crippen LogP contribution in [0.5, 0.6) is 0 Å². The van der Waals surface area contributed by atoms with E-state index >= 15 is 0 Å². The molecule has 0 spiro atoms. The molecule has 11 nitrogen and oxygen atoms in total. The highest BCUT2D eigenvalue weighted by Gasteiger charge is 2.40. The molecule has 1 aliphatic carbocycles. The van der Waals surface area contributed by atoms with E-state index in [1.807, 2.05) is 0 Å². The smallest absolute Gasteiger partial charge is 0.333 e. The van der Waals surface area contributed by atoms with Gasteiger partial charge < -0.3 is 4.74 Å². The van der Waals surface area contributed by atoms with E-state index in [1.165, 1.54) is 6.08 Å². The van der Waals surface area contributed by atoms with E-state index in [4.69, 9.17) is 18.6 Å². The summed E-state index contributed by atoms with van der Waals surface area (Å²) in [6, 6.07) is -1.27. The molecule has 0 aliphatic heterocycles. The summed E-state index contributed by atoms with van der Waals surface area (Å²) in [4.78, 5) is 14.4. The zero-order valence-corrected chi connectivity index (χ0v) is 14.8. The SMILES string of the molecule is CCOC(=O)C1=C[C@H](N=[N+]=[N-])[C@@H](OS(C)(=O)=O)[C@H](OS(C)(=O)=O)C1. The van der Waals surface area contributed by atoms with Crippen molar-refractivity contribution in [1.82, 2.24) is 0 Å². The molecular formula is C11H17N3O8S2. The molecule has 0 unspecified atom stereocenters. The second-order valence-corrected chi connectivity index (χ2v) is 8.12. The maximum absolute atomic E-state index is 11.9. The van der Waals surface area contributed by atoms with E-state index in [-0.39, 0.29) is 18.6 Å². The van der Waals surface area contributed by atoms with Gasteiger partial charge in [-0.15, -0.1) is 0 Å². The van der Waals surface area contributed by atoms with Crippen LogP contribution in [0, 0.1) is 0 Å². The highest BCUT2D eigenvalue weighted by molar-refractivity contribution is 7.86. The normalized spacial score (nSPS) is 24.6. The van der Waals surface area contributed by atoms with Crippen LogP contribution in [0.4, 0.5) is 0 Å². The Morgan fingerprint density at radius 1 is 1.29 bits per heavy atom. The molecule has 0 aromatic heterocycles. The minimum atomic E-state index is -4.01. The van der Waals surface area contributed by atoms with E-state index in [9.17, 15) is 21.6 Å². The molecule has 0 saturated carbocycles. The second-order valence-electron chi connectivity index (χ2n) is 4.92. The van der Waals surface area contributed by atoms with Gasteiger partial charge in [-0.2, -0.15) is 16.8 Å². The lowest BCUT2D eigenvalue weighted by molar-refractivity contribution is -0.139. The molecule has 1 rings (SSSR count). The number of ether oxygens (including phenoxy) is 1. The number of hydrogen-bond donors (Lipinski definition) is 0. The fourth-order valence-corrected chi connectivity index (χ4v) is 3.36. The summed E-state index contributed by atoms with van der Waals surface area (Å²) in [7, 11) is -8.02. The molecule has 24 heavy (non-hydrogen) atoms. The van der Waals surface area contributed by atoms with Gasteiger partial charge in [-0.05, 0) is 12.5 Å². The van der Waals surface area contributed by atoms with Crippen molar-refractivity contribution in [3.05, 3.63) is 22.1 Å². The van der Waals surface area contributed by atoms with Gasteiger partial charge in [0.25, 0.3) is 20.2 Å². The Morgan fingerprint density at radius 3 is 2.33 bits per heavy atom. The average Bonchev–Trinajstić information content (AvgIpc) is 2.39. The van der Waals surface area contributed by atoms with Crippen molar-refractivity contribution in [2.75, 3.05) is 19.1 Å². The Bertz CT molecular complexity index is 767. The van der Waals surface area contributed by atoms with Gasteiger partial charge in [0.2, 0.25) is 0 Å². The third kappa shape index (κ3) is 6.45. The molecule has 0 N–H and O–H groups in total. The molecule has 0 heterocycles. The minimum Gasteiger partial charge on any atom is -0.463 e. The second kappa shape index (κ2) is 7.94. The first-order valence-electron chi connectivity index (χ1n) is 6.65. The predicted molar refractivity (Wildman–Crippen MR) is 81.7 cm³/mol. The summed E-state index contributed by atoms with van der Waals surface area (Å²) in [5.41, 5.74) is 8.63. The lowest BCUT2D eigenvalue weighted by Crippen LogP contribution is -2.45. The van der Waals surface area contributed by atoms with Crippen LogP contribution in [0.2, 0.25) is 0 Å². The third-order valence-electron chi connectivity index (χ3n) is 2.80. The van der Waals surface area contributed by atoms with Gasteiger partial charge in [0.15, 0.2) is 0 Å². The van der Waals surface area contributed by atoms with E-state index in [0.29, 0.717) is 0 Å². The summed E-state index contributed by atoms with van der Waals surface area (Å²) in [6.45, 7) is 1.65. The number of carbonyl (C=O) groups is 1. The number of carbonyl (C=O) groups excluding carboxylic acids is 1. The molecule has 0 fully saturated rings. The Labute approximate surface area is 139 Å². The van der Waals surface area contributed by atoms with E-state index < -0.39 is 44.5 Å². The summed E-state index contributed by atoms with van der Waals surface area (Å²) in [5, 5.41) is 3.35. The van der Waals surface area contributed by atoms with E-state index in [1.54, 1.807) is 6.92 Å². The predicted octanol–water partition coefficient (Wildman–Crippen LogP) is 0.248.